The third-order valence-corrected chi connectivity index (χ3v) is 5.41. The van der Waals surface area contributed by atoms with Crippen LogP contribution in [0.1, 0.15) is 12.5 Å². The Morgan fingerprint density at radius 3 is 2.55 bits per heavy atom. The molecule has 0 bridgehead atoms. The molecule has 0 saturated carbocycles. The normalized spacial score (nSPS) is 24.9. The molecule has 0 spiro atoms. The van der Waals surface area contributed by atoms with Crippen LogP contribution in [0.3, 0.4) is 0 Å². The lowest BCUT2D eigenvalue weighted by molar-refractivity contribution is -0.126. The van der Waals surface area contributed by atoms with Gasteiger partial charge in [-0.3, -0.25) is 9.59 Å². The number of hydrogen-bond donors (Lipinski definition) is 0. The monoisotopic (exact) mass is 390 g/mol. The van der Waals surface area contributed by atoms with E-state index in [1.54, 1.807) is 31.4 Å². The Labute approximate surface area is 167 Å². The number of hydrogen-bond acceptors (Lipinski definition) is 6. The first-order valence-corrected chi connectivity index (χ1v) is 9.31. The van der Waals surface area contributed by atoms with E-state index in [1.807, 2.05) is 37.3 Å². The summed E-state index contributed by atoms with van der Waals surface area (Å²) in [6.07, 6.45) is 0.677. The van der Waals surface area contributed by atoms with E-state index in [0.717, 1.165) is 21.8 Å². The minimum absolute atomic E-state index is 0.316. The number of benzene rings is 2. The highest BCUT2D eigenvalue weighted by Crippen LogP contribution is 2.39. The summed E-state index contributed by atoms with van der Waals surface area (Å²) < 4.78 is 11.1. The third kappa shape index (κ3) is 2.61. The number of imide groups is 1. The van der Waals surface area contributed by atoms with Crippen LogP contribution in [0.5, 0.6) is 11.5 Å². The van der Waals surface area contributed by atoms with E-state index in [9.17, 15) is 9.59 Å². The summed E-state index contributed by atoms with van der Waals surface area (Å²) in [5.41, 5.74) is 2.57. The fraction of sp³-hybridized carbons (Fsp3) is 0.227. The number of nitrogens with zero attached hydrogens (tertiary/aromatic N) is 2. The van der Waals surface area contributed by atoms with Gasteiger partial charge in [-0.1, -0.05) is 23.4 Å². The van der Waals surface area contributed by atoms with Crippen LogP contribution in [0.15, 0.2) is 59.3 Å². The maximum atomic E-state index is 13.2. The summed E-state index contributed by atoms with van der Waals surface area (Å²) in [4.78, 5) is 32.7. The zero-order valence-corrected chi connectivity index (χ0v) is 15.9. The molecule has 146 valence electrons. The van der Waals surface area contributed by atoms with Crippen LogP contribution < -0.4 is 14.4 Å². The fourth-order valence-corrected chi connectivity index (χ4v) is 3.93. The van der Waals surface area contributed by atoms with Crippen LogP contribution in [0.25, 0.3) is 6.08 Å². The quantitative estimate of drug-likeness (QED) is 0.753. The van der Waals surface area contributed by atoms with E-state index < -0.39 is 17.9 Å². The van der Waals surface area contributed by atoms with Gasteiger partial charge in [0.1, 0.15) is 29.2 Å². The van der Waals surface area contributed by atoms with Crippen LogP contribution in [0.4, 0.5) is 5.69 Å². The summed E-state index contributed by atoms with van der Waals surface area (Å²) in [7, 11) is 1.56. The predicted molar refractivity (Wildman–Crippen MR) is 106 cm³/mol. The van der Waals surface area contributed by atoms with Crippen LogP contribution >= 0.6 is 0 Å². The lowest BCUT2D eigenvalue weighted by Crippen LogP contribution is -2.35. The number of ether oxygens (including phenoxy) is 2. The van der Waals surface area contributed by atoms with Crippen molar-refractivity contribution in [3.8, 4) is 11.5 Å². The average Bonchev–Trinajstić information content (AvgIpc) is 3.28. The second-order valence-electron chi connectivity index (χ2n) is 7.09. The van der Waals surface area contributed by atoms with Crippen molar-refractivity contribution in [2.75, 3.05) is 12.0 Å². The number of oxime groups is 1. The van der Waals surface area contributed by atoms with Crippen molar-refractivity contribution in [2.45, 2.75) is 19.1 Å². The molecule has 0 radical (unpaired) electrons. The molecule has 3 aliphatic heterocycles. The number of para-hydroxylation sites is 1. The Balaban J connectivity index is 1.49. The Bertz CT molecular complexity index is 1070. The molecule has 1 fully saturated rings. The van der Waals surface area contributed by atoms with Gasteiger partial charge in [0.2, 0.25) is 12.0 Å². The number of fused-ring (bicyclic) bond motifs is 2. The van der Waals surface area contributed by atoms with Gasteiger partial charge in [0.25, 0.3) is 5.91 Å². The van der Waals surface area contributed by atoms with E-state index in [2.05, 4.69) is 5.16 Å². The number of rotatable bonds is 3. The summed E-state index contributed by atoms with van der Waals surface area (Å²) in [5, 5.41) is 4.10. The molecule has 7 heteroatoms. The number of anilines is 1. The molecule has 0 aliphatic carbocycles. The van der Waals surface area contributed by atoms with Gasteiger partial charge < -0.3 is 14.3 Å². The molecule has 7 nitrogen and oxygen atoms in total. The van der Waals surface area contributed by atoms with E-state index in [4.69, 9.17) is 14.3 Å². The topological polar surface area (TPSA) is 77.4 Å². The van der Waals surface area contributed by atoms with Crippen molar-refractivity contribution in [2.24, 2.45) is 11.1 Å². The molecule has 1 unspecified atom stereocenters. The van der Waals surface area contributed by atoms with Gasteiger partial charge >= 0.3 is 0 Å². The Kier molecular flexibility index (Phi) is 3.91. The Hall–Kier alpha value is -3.61. The third-order valence-electron chi connectivity index (χ3n) is 5.41. The molecule has 5 rings (SSSR count). The standard InChI is InChI=1S/C22H18N2O5/c1-12-16(11-13-5-3-4-6-17(13)28-12)19-18-20(29-23-19)22(26)24(21(18)25)14-7-9-15(27-2)10-8-14/h3-12,18,20H,1-2H3/t12?,18-,20+/m0/s1. The smallest absolute Gasteiger partial charge is 0.278 e. The van der Waals surface area contributed by atoms with Crippen molar-refractivity contribution >= 4 is 29.3 Å². The zero-order valence-electron chi connectivity index (χ0n) is 15.9. The highest BCUT2D eigenvalue weighted by atomic mass is 16.7. The van der Waals surface area contributed by atoms with Crippen molar-refractivity contribution in [1.29, 1.82) is 0 Å². The van der Waals surface area contributed by atoms with Crippen LogP contribution in [-0.4, -0.2) is 36.8 Å². The van der Waals surface area contributed by atoms with Crippen LogP contribution in [0.2, 0.25) is 0 Å². The molecular weight excluding hydrogens is 372 g/mol. The first kappa shape index (κ1) is 17.5. The highest BCUT2D eigenvalue weighted by Gasteiger charge is 2.57. The van der Waals surface area contributed by atoms with E-state index >= 15 is 0 Å². The van der Waals surface area contributed by atoms with Crippen molar-refractivity contribution in [1.82, 2.24) is 0 Å². The maximum absolute atomic E-state index is 13.2. The Morgan fingerprint density at radius 2 is 1.79 bits per heavy atom. The van der Waals surface area contributed by atoms with Gasteiger partial charge in [-0.15, -0.1) is 0 Å². The van der Waals surface area contributed by atoms with Gasteiger partial charge in [0.15, 0.2) is 0 Å². The fourth-order valence-electron chi connectivity index (χ4n) is 3.93. The van der Waals surface area contributed by atoms with Gasteiger partial charge in [0.05, 0.1) is 12.8 Å². The van der Waals surface area contributed by atoms with Crippen LogP contribution in [-0.2, 0) is 14.4 Å². The maximum Gasteiger partial charge on any atom is 0.278 e. The summed E-state index contributed by atoms with van der Waals surface area (Å²) >= 11 is 0. The molecule has 3 atom stereocenters. The number of carbonyl (C=O) groups is 2. The summed E-state index contributed by atoms with van der Waals surface area (Å²) in [6.45, 7) is 1.89. The number of amides is 2. The lowest BCUT2D eigenvalue weighted by atomic mass is 9.89. The molecule has 3 aliphatic rings. The van der Waals surface area contributed by atoms with Crippen molar-refractivity contribution < 1.29 is 23.9 Å². The molecule has 0 aromatic heterocycles. The number of carbonyl (C=O) groups excluding carboxylic acids is 2. The van der Waals surface area contributed by atoms with Gasteiger partial charge in [0, 0.05) is 11.1 Å². The molecule has 2 aromatic carbocycles. The van der Waals surface area contributed by atoms with Crippen molar-refractivity contribution in [3.63, 3.8) is 0 Å². The second kappa shape index (κ2) is 6.48. The Morgan fingerprint density at radius 1 is 1.03 bits per heavy atom. The molecule has 2 amide bonds. The number of methoxy groups -OCH3 is 1. The van der Waals surface area contributed by atoms with Gasteiger partial charge in [-0.2, -0.15) is 0 Å². The molecule has 29 heavy (non-hydrogen) atoms. The van der Waals surface area contributed by atoms with Gasteiger partial charge in [-0.05, 0) is 43.3 Å². The molecular formula is C22H18N2O5. The summed E-state index contributed by atoms with van der Waals surface area (Å²) in [5.74, 6) is -0.146. The molecule has 3 heterocycles. The van der Waals surface area contributed by atoms with Gasteiger partial charge in [-0.25, -0.2) is 4.90 Å². The SMILES string of the molecule is COc1ccc(N2C(=O)[C@H]3C(C4=Cc5ccccc5OC4C)=NO[C@H]3C2=O)cc1. The van der Waals surface area contributed by atoms with Crippen LogP contribution in [0, 0.1) is 5.92 Å². The van der Waals surface area contributed by atoms with E-state index in [0.29, 0.717) is 17.1 Å². The van der Waals surface area contributed by atoms with E-state index in [-0.39, 0.29) is 12.0 Å². The first-order chi connectivity index (χ1) is 14.1. The second-order valence-corrected chi connectivity index (χ2v) is 7.09. The summed E-state index contributed by atoms with van der Waals surface area (Å²) in [6, 6.07) is 14.4. The molecule has 2 aromatic rings. The minimum atomic E-state index is -0.954. The molecule has 1 saturated heterocycles. The lowest BCUT2D eigenvalue weighted by Gasteiger charge is -2.25. The first-order valence-electron chi connectivity index (χ1n) is 9.31. The predicted octanol–water partition coefficient (Wildman–Crippen LogP) is 2.80. The highest BCUT2D eigenvalue weighted by molar-refractivity contribution is 6.33. The van der Waals surface area contributed by atoms with E-state index in [1.165, 1.54) is 0 Å². The molecule has 0 N–H and O–H groups in total. The van der Waals surface area contributed by atoms with Crippen molar-refractivity contribution in [3.05, 3.63) is 59.7 Å². The zero-order chi connectivity index (χ0) is 20.1. The minimum Gasteiger partial charge on any atom is -0.497 e. The largest absolute Gasteiger partial charge is 0.497 e. The average molecular weight is 390 g/mol.